The Kier molecular flexibility index (Phi) is 34.8. The molecule has 0 heterocycles. The molecule has 1 unspecified atom stereocenters. The molecule has 54 heavy (non-hydrogen) atoms. The fraction of sp³-hybridized carbons (Fsp3) is 0.643. The van der Waals surface area contributed by atoms with Crippen LogP contribution >= 0.6 is 7.82 Å². The molecule has 0 bridgehead atoms. The minimum absolute atomic E-state index is 0.0944. The van der Waals surface area contributed by atoms with Gasteiger partial charge >= 0.3 is 25.7 Å². The lowest BCUT2D eigenvalue weighted by Gasteiger charge is -2.20. The molecule has 0 aromatic heterocycles. The van der Waals surface area contributed by atoms with Crippen LogP contribution in [0, 0.1) is 0 Å². The van der Waals surface area contributed by atoms with Crippen LogP contribution in [0.3, 0.4) is 0 Å². The Labute approximate surface area is 325 Å². The minimum Gasteiger partial charge on any atom is -0.480 e. The van der Waals surface area contributed by atoms with E-state index in [1.807, 2.05) is 12.2 Å². The first-order valence-corrected chi connectivity index (χ1v) is 21.5. The standard InChI is InChI=1S/C42H70NO10P/c1-3-5-7-9-11-13-15-16-17-18-19-20-21-22-24-25-27-29-31-33-40(44)50-35-38(36-51-54(48,49)52-37-39(43)42(46)47)53-41(45)34-32-30-28-26-23-14-12-10-8-6-4-2/h5,7,11,13,16-17,19-20,22,24,27,29,38-39H,3-4,6,8-10,12,14-15,18,21,23,25-26,28,30-37,43H2,1-2H3,(H,46,47)(H,48,49)/b7-5+,13-11+,17-16+,20-19+,24-22+,29-27+/t38-,39+/m0/s1. The number of hydrogen-bond acceptors (Lipinski definition) is 9. The second kappa shape index (κ2) is 36.9. The van der Waals surface area contributed by atoms with E-state index in [0.29, 0.717) is 12.8 Å². The molecule has 0 fully saturated rings. The van der Waals surface area contributed by atoms with E-state index >= 15 is 0 Å². The van der Waals surface area contributed by atoms with Gasteiger partial charge < -0.3 is 25.2 Å². The van der Waals surface area contributed by atoms with Crippen molar-refractivity contribution >= 4 is 25.7 Å². The van der Waals surface area contributed by atoms with Gasteiger partial charge in [-0.3, -0.25) is 23.4 Å². The SMILES string of the molecule is CC/C=C/C/C=C/C/C=C/C/C=C/C/C=C/C/C=C/CCC(=O)OC[C@@H](COP(=O)(O)OC[C@@H](N)C(=O)O)OC(=O)CCCCCCCCCCCCC. The van der Waals surface area contributed by atoms with Gasteiger partial charge in [0.25, 0.3) is 0 Å². The highest BCUT2D eigenvalue weighted by Crippen LogP contribution is 2.43. The van der Waals surface area contributed by atoms with Crippen molar-refractivity contribution in [2.45, 2.75) is 154 Å². The van der Waals surface area contributed by atoms with E-state index in [1.54, 1.807) is 0 Å². The molecular formula is C42H70NO10P. The zero-order chi connectivity index (χ0) is 40.0. The number of allylic oxidation sites excluding steroid dienone is 12. The summed E-state index contributed by atoms with van der Waals surface area (Å²) in [5.74, 6) is -2.49. The van der Waals surface area contributed by atoms with Crippen molar-refractivity contribution in [3.05, 3.63) is 72.9 Å². The molecule has 0 rings (SSSR count). The summed E-state index contributed by atoms with van der Waals surface area (Å²) in [6.07, 6.45) is 42.7. The predicted octanol–water partition coefficient (Wildman–Crippen LogP) is 10.2. The Hall–Kier alpha value is -3.08. The Morgan fingerprint density at radius 2 is 1.04 bits per heavy atom. The summed E-state index contributed by atoms with van der Waals surface area (Å²) in [4.78, 5) is 45.7. The number of phosphoric ester groups is 1. The van der Waals surface area contributed by atoms with Gasteiger partial charge in [0.1, 0.15) is 12.6 Å². The number of carboxylic acid groups (broad SMARTS) is 1. The van der Waals surface area contributed by atoms with E-state index in [1.165, 1.54) is 44.9 Å². The van der Waals surface area contributed by atoms with Gasteiger partial charge in [-0.05, 0) is 51.4 Å². The van der Waals surface area contributed by atoms with E-state index in [-0.39, 0.29) is 19.4 Å². The number of phosphoric acid groups is 1. The number of carbonyl (C=O) groups is 3. The zero-order valence-corrected chi connectivity index (χ0v) is 33.9. The number of aliphatic carboxylic acids is 1. The van der Waals surface area contributed by atoms with E-state index < -0.39 is 51.1 Å². The topological polar surface area (TPSA) is 172 Å². The Morgan fingerprint density at radius 1 is 0.593 bits per heavy atom. The van der Waals surface area contributed by atoms with Gasteiger partial charge in [0, 0.05) is 12.8 Å². The van der Waals surface area contributed by atoms with Gasteiger partial charge in [-0.2, -0.15) is 0 Å². The lowest BCUT2D eigenvalue weighted by molar-refractivity contribution is -0.161. The molecule has 0 aliphatic heterocycles. The first kappa shape index (κ1) is 50.9. The lowest BCUT2D eigenvalue weighted by Crippen LogP contribution is -2.34. The van der Waals surface area contributed by atoms with Gasteiger partial charge in [-0.15, -0.1) is 0 Å². The highest BCUT2D eigenvalue weighted by molar-refractivity contribution is 7.47. The van der Waals surface area contributed by atoms with Crippen molar-refractivity contribution in [3.8, 4) is 0 Å². The van der Waals surface area contributed by atoms with Gasteiger partial charge in [-0.25, -0.2) is 4.57 Å². The van der Waals surface area contributed by atoms with Crippen LogP contribution in [0.5, 0.6) is 0 Å². The third-order valence-electron chi connectivity index (χ3n) is 7.98. The fourth-order valence-electron chi connectivity index (χ4n) is 4.85. The molecule has 4 N–H and O–H groups in total. The third kappa shape index (κ3) is 35.9. The molecule has 3 atom stereocenters. The van der Waals surface area contributed by atoms with Crippen LogP contribution in [0.15, 0.2) is 72.9 Å². The van der Waals surface area contributed by atoms with E-state index in [0.717, 1.165) is 57.8 Å². The quantitative estimate of drug-likeness (QED) is 0.0239. The highest BCUT2D eigenvalue weighted by atomic mass is 31.2. The molecule has 0 aromatic rings. The summed E-state index contributed by atoms with van der Waals surface area (Å²) in [6, 6.07) is -1.53. The minimum atomic E-state index is -4.73. The summed E-state index contributed by atoms with van der Waals surface area (Å²) < 4.78 is 32.5. The molecule has 0 spiro atoms. The summed E-state index contributed by atoms with van der Waals surface area (Å²) in [6.45, 7) is 2.57. The third-order valence-corrected chi connectivity index (χ3v) is 8.93. The number of hydrogen-bond donors (Lipinski definition) is 3. The summed E-state index contributed by atoms with van der Waals surface area (Å²) in [5, 5.41) is 8.86. The van der Waals surface area contributed by atoms with Crippen LogP contribution in [0.2, 0.25) is 0 Å². The number of carboxylic acids is 1. The van der Waals surface area contributed by atoms with Gasteiger partial charge in [-0.1, -0.05) is 151 Å². The average molecular weight is 780 g/mol. The van der Waals surface area contributed by atoms with Crippen molar-refractivity contribution in [3.63, 3.8) is 0 Å². The maximum absolute atomic E-state index is 12.5. The number of rotatable bonds is 36. The predicted molar refractivity (Wildman–Crippen MR) is 217 cm³/mol. The van der Waals surface area contributed by atoms with E-state index in [2.05, 4.69) is 79.1 Å². The first-order valence-electron chi connectivity index (χ1n) is 20.0. The first-order chi connectivity index (χ1) is 26.1. The van der Waals surface area contributed by atoms with Gasteiger partial charge in [0.15, 0.2) is 6.10 Å². The van der Waals surface area contributed by atoms with Crippen LogP contribution in [0.25, 0.3) is 0 Å². The normalized spacial score (nSPS) is 14.6. The van der Waals surface area contributed by atoms with E-state index in [4.69, 9.17) is 24.8 Å². The summed E-state index contributed by atoms with van der Waals surface area (Å²) in [5.41, 5.74) is 5.31. The molecule has 12 heteroatoms. The zero-order valence-electron chi connectivity index (χ0n) is 33.0. The Balaban J connectivity index is 4.52. The number of carbonyl (C=O) groups excluding carboxylic acids is 2. The lowest BCUT2D eigenvalue weighted by atomic mass is 10.1. The van der Waals surface area contributed by atoms with Gasteiger partial charge in [0.05, 0.1) is 13.2 Å². The average Bonchev–Trinajstić information content (AvgIpc) is 3.14. The monoisotopic (exact) mass is 779 g/mol. The molecular weight excluding hydrogens is 709 g/mol. The van der Waals surface area contributed by atoms with Gasteiger partial charge in [0.2, 0.25) is 0 Å². The smallest absolute Gasteiger partial charge is 0.472 e. The fourth-order valence-corrected chi connectivity index (χ4v) is 5.63. The van der Waals surface area contributed by atoms with Crippen LogP contribution in [0.4, 0.5) is 0 Å². The molecule has 0 aromatic carbocycles. The molecule has 0 aliphatic rings. The number of ether oxygens (including phenoxy) is 2. The Bertz CT molecular complexity index is 1190. The molecule has 0 saturated heterocycles. The van der Waals surface area contributed by atoms with Crippen molar-refractivity contribution in [2.24, 2.45) is 5.73 Å². The molecule has 0 amide bonds. The molecule has 0 saturated carbocycles. The number of nitrogens with two attached hydrogens (primary N) is 1. The van der Waals surface area contributed by atoms with Crippen molar-refractivity contribution in [2.75, 3.05) is 19.8 Å². The van der Waals surface area contributed by atoms with Crippen molar-refractivity contribution in [1.29, 1.82) is 0 Å². The number of unbranched alkanes of at least 4 members (excludes halogenated alkanes) is 10. The second-order valence-electron chi connectivity index (χ2n) is 13.0. The van der Waals surface area contributed by atoms with Crippen molar-refractivity contribution < 1.29 is 47.5 Å². The molecule has 11 nitrogen and oxygen atoms in total. The Morgan fingerprint density at radius 3 is 1.52 bits per heavy atom. The van der Waals surface area contributed by atoms with Crippen LogP contribution in [-0.4, -0.2) is 59.9 Å². The summed E-state index contributed by atoms with van der Waals surface area (Å²) >= 11 is 0. The summed E-state index contributed by atoms with van der Waals surface area (Å²) in [7, 11) is -4.73. The maximum Gasteiger partial charge on any atom is 0.472 e. The molecule has 0 radical (unpaired) electrons. The second-order valence-corrected chi connectivity index (χ2v) is 14.5. The molecule has 308 valence electrons. The largest absolute Gasteiger partial charge is 0.480 e. The van der Waals surface area contributed by atoms with E-state index in [9.17, 15) is 23.8 Å². The van der Waals surface area contributed by atoms with Crippen LogP contribution < -0.4 is 5.73 Å². The maximum atomic E-state index is 12.5. The van der Waals surface area contributed by atoms with Crippen LogP contribution in [-0.2, 0) is 37.5 Å². The van der Waals surface area contributed by atoms with Crippen molar-refractivity contribution in [1.82, 2.24) is 0 Å². The number of esters is 2. The highest BCUT2D eigenvalue weighted by Gasteiger charge is 2.28. The van der Waals surface area contributed by atoms with Crippen LogP contribution in [0.1, 0.15) is 142 Å². The molecule has 0 aliphatic carbocycles.